The van der Waals surface area contributed by atoms with E-state index in [4.69, 9.17) is 9.88 Å². The Hall–Kier alpha value is -2.63. The predicted octanol–water partition coefficient (Wildman–Crippen LogP) is -0.219. The lowest BCUT2D eigenvalue weighted by Crippen LogP contribution is -2.59. The third kappa shape index (κ3) is 5.54. The number of hydrogen-bond acceptors (Lipinski definition) is 9. The van der Waals surface area contributed by atoms with Gasteiger partial charge in [-0.3, -0.25) is 9.69 Å². The summed E-state index contributed by atoms with van der Waals surface area (Å²) >= 11 is -1.81. The van der Waals surface area contributed by atoms with E-state index in [1.54, 1.807) is 17.0 Å². The van der Waals surface area contributed by atoms with Gasteiger partial charge in [0.05, 0.1) is 30.5 Å². The van der Waals surface area contributed by atoms with Crippen LogP contribution in [0.3, 0.4) is 0 Å². The molecule has 1 unspecified atom stereocenters. The molecule has 2 saturated heterocycles. The molecule has 2 atom stereocenters. The molecule has 0 bridgehead atoms. The van der Waals surface area contributed by atoms with E-state index in [0.717, 1.165) is 0 Å². The Bertz CT molecular complexity index is 873. The summed E-state index contributed by atoms with van der Waals surface area (Å²) in [5, 5.41) is 17.2. The molecule has 2 fully saturated rings. The molecular formula is C18H24FN7O4S. The molecule has 2 amide bonds. The second kappa shape index (κ2) is 9.67. The summed E-state index contributed by atoms with van der Waals surface area (Å²) in [5.74, 6) is -0.733. The Morgan fingerprint density at radius 3 is 2.77 bits per heavy atom. The highest BCUT2D eigenvalue weighted by atomic mass is 32.2. The molecule has 13 heteroatoms. The maximum absolute atomic E-state index is 14.9. The van der Waals surface area contributed by atoms with Crippen molar-refractivity contribution in [1.29, 1.82) is 5.26 Å². The molecule has 2 aliphatic rings. The van der Waals surface area contributed by atoms with Gasteiger partial charge in [0.1, 0.15) is 29.0 Å². The summed E-state index contributed by atoms with van der Waals surface area (Å²) in [7, 11) is 0. The number of hydrogen-bond donors (Lipinski definition) is 4. The summed E-state index contributed by atoms with van der Waals surface area (Å²) in [6, 6.07) is 6.64. The number of halogens is 1. The number of nitrogens with one attached hydrogen (secondary N) is 3. The summed E-state index contributed by atoms with van der Waals surface area (Å²) < 4.78 is 31.1. The lowest BCUT2D eigenvalue weighted by atomic mass is 9.89. The van der Waals surface area contributed by atoms with Crippen molar-refractivity contribution in [3.63, 3.8) is 0 Å². The third-order valence-corrected chi connectivity index (χ3v) is 5.56. The Kier molecular flexibility index (Phi) is 7.19. The summed E-state index contributed by atoms with van der Waals surface area (Å²) in [6.07, 6.45) is -0.393. The van der Waals surface area contributed by atoms with Gasteiger partial charge in [0.15, 0.2) is 0 Å². The first-order valence-corrected chi connectivity index (χ1v) is 10.8. The van der Waals surface area contributed by atoms with Gasteiger partial charge in [-0.1, -0.05) is 4.83 Å². The Balaban J connectivity index is 1.63. The molecule has 31 heavy (non-hydrogen) atoms. The highest BCUT2D eigenvalue weighted by Gasteiger charge is 2.37. The number of anilines is 2. The van der Waals surface area contributed by atoms with Gasteiger partial charge in [0.2, 0.25) is 5.91 Å². The van der Waals surface area contributed by atoms with E-state index in [9.17, 15) is 23.8 Å². The standard InChI is InChI=1S/C18H24FN7O4S/c1-12(27)22-9-14-10-26(17(28)30-14)13-2-3-16(15(19)8-13)25-6-4-18(11-20,5-7-25)23-24-31(21)29/h2-3,8,14,23-24H,4-7,9-10,21H2,1H3,(H,22,27)/t14-,31?/m0/s1. The van der Waals surface area contributed by atoms with Crippen molar-refractivity contribution in [3.8, 4) is 6.07 Å². The number of carbonyl (C=O) groups is 2. The van der Waals surface area contributed by atoms with E-state index in [1.807, 2.05) is 0 Å². The first kappa shape index (κ1) is 23.0. The molecule has 1 aromatic carbocycles. The number of carbonyl (C=O) groups excluding carboxylic acids is 2. The number of piperidine rings is 1. The molecule has 2 aliphatic heterocycles. The van der Waals surface area contributed by atoms with Crippen molar-refractivity contribution in [2.45, 2.75) is 31.4 Å². The Morgan fingerprint density at radius 2 is 2.19 bits per heavy atom. The van der Waals surface area contributed by atoms with Crippen LogP contribution in [-0.2, 0) is 21.1 Å². The van der Waals surface area contributed by atoms with E-state index in [2.05, 4.69) is 21.6 Å². The van der Waals surface area contributed by atoms with Crippen molar-refractivity contribution in [2.24, 2.45) is 5.14 Å². The van der Waals surface area contributed by atoms with Crippen LogP contribution in [0.4, 0.5) is 20.6 Å². The van der Waals surface area contributed by atoms with Crippen LogP contribution in [0.5, 0.6) is 0 Å². The fourth-order valence-electron chi connectivity index (χ4n) is 3.56. The number of nitriles is 1. The number of rotatable bonds is 7. The second-order valence-electron chi connectivity index (χ2n) is 7.39. The van der Waals surface area contributed by atoms with Gasteiger partial charge in [-0.05, 0) is 31.0 Å². The zero-order valence-electron chi connectivity index (χ0n) is 16.9. The first-order valence-electron chi connectivity index (χ1n) is 9.60. The number of amides is 2. The number of benzene rings is 1. The zero-order chi connectivity index (χ0) is 22.6. The largest absolute Gasteiger partial charge is 0.578 e. The van der Waals surface area contributed by atoms with Crippen LogP contribution in [0, 0.1) is 17.1 Å². The quantitative estimate of drug-likeness (QED) is 0.323. The van der Waals surface area contributed by atoms with Gasteiger partial charge in [0.25, 0.3) is 0 Å². The van der Waals surface area contributed by atoms with Gasteiger partial charge in [0, 0.05) is 20.0 Å². The first-order chi connectivity index (χ1) is 14.7. The maximum Gasteiger partial charge on any atom is 0.414 e. The van der Waals surface area contributed by atoms with Gasteiger partial charge in [-0.2, -0.15) is 10.7 Å². The monoisotopic (exact) mass is 453 g/mol. The Labute approximate surface area is 182 Å². The molecule has 11 nitrogen and oxygen atoms in total. The number of hydrazine groups is 1. The maximum atomic E-state index is 14.9. The molecular weight excluding hydrogens is 429 g/mol. The molecule has 3 rings (SSSR count). The highest BCUT2D eigenvalue weighted by molar-refractivity contribution is 7.87. The SMILES string of the molecule is CC(=O)NC[C@H]1CN(c2ccc(N3CCC(C#N)(NN[S+](N)[O-])CC3)c(F)c2)C(=O)O1. The topological polar surface area (TPSA) is 159 Å². The average Bonchev–Trinajstić information content (AvgIpc) is 3.12. The van der Waals surface area contributed by atoms with Gasteiger partial charge < -0.3 is 19.5 Å². The number of nitrogens with two attached hydrogens (primary N) is 1. The molecule has 0 saturated carbocycles. The van der Waals surface area contributed by atoms with Crippen LogP contribution in [0.1, 0.15) is 19.8 Å². The molecule has 0 aromatic heterocycles. The van der Waals surface area contributed by atoms with Gasteiger partial charge in [-0.15, -0.1) is 5.14 Å². The molecule has 0 spiro atoms. The third-order valence-electron chi connectivity index (χ3n) is 5.26. The van der Waals surface area contributed by atoms with E-state index in [-0.39, 0.29) is 19.0 Å². The lowest BCUT2D eigenvalue weighted by molar-refractivity contribution is -0.119. The lowest BCUT2D eigenvalue weighted by Gasteiger charge is -2.38. The van der Waals surface area contributed by atoms with E-state index in [1.165, 1.54) is 17.9 Å². The minimum absolute atomic E-state index is 0.188. The van der Waals surface area contributed by atoms with Gasteiger partial charge in [-0.25, -0.2) is 9.18 Å². The smallest absolute Gasteiger partial charge is 0.414 e. The minimum Gasteiger partial charge on any atom is -0.578 e. The number of cyclic esters (lactones) is 1. The van der Waals surface area contributed by atoms with Crippen molar-refractivity contribution in [1.82, 2.24) is 15.6 Å². The van der Waals surface area contributed by atoms with Crippen LogP contribution in [0.25, 0.3) is 0 Å². The summed E-state index contributed by atoms with van der Waals surface area (Å²) in [5.41, 5.74) is 2.46. The van der Waals surface area contributed by atoms with Gasteiger partial charge >= 0.3 is 6.09 Å². The molecule has 1 aromatic rings. The number of ether oxygens (including phenoxy) is 1. The van der Waals surface area contributed by atoms with Crippen LogP contribution in [0.2, 0.25) is 0 Å². The molecule has 2 heterocycles. The normalized spacial score (nSPS) is 21.4. The minimum atomic E-state index is -1.81. The fourth-order valence-corrected chi connectivity index (χ4v) is 3.85. The van der Waals surface area contributed by atoms with Crippen LogP contribution < -0.4 is 30.5 Å². The zero-order valence-corrected chi connectivity index (χ0v) is 17.7. The molecule has 0 aliphatic carbocycles. The summed E-state index contributed by atoms with van der Waals surface area (Å²) in [4.78, 5) is 28.6. The van der Waals surface area contributed by atoms with E-state index < -0.39 is 35.1 Å². The predicted molar refractivity (Wildman–Crippen MR) is 111 cm³/mol. The van der Waals surface area contributed by atoms with Crippen molar-refractivity contribution < 1.29 is 23.3 Å². The van der Waals surface area contributed by atoms with E-state index >= 15 is 0 Å². The molecule has 0 radical (unpaired) electrons. The average molecular weight is 454 g/mol. The van der Waals surface area contributed by atoms with Crippen molar-refractivity contribution >= 4 is 34.9 Å². The number of nitrogens with zero attached hydrogens (tertiary/aromatic N) is 3. The summed E-state index contributed by atoms with van der Waals surface area (Å²) in [6.45, 7) is 2.54. The van der Waals surface area contributed by atoms with E-state index in [0.29, 0.717) is 37.3 Å². The fraction of sp³-hybridized carbons (Fsp3) is 0.500. The molecule has 168 valence electrons. The Morgan fingerprint density at radius 1 is 1.48 bits per heavy atom. The highest BCUT2D eigenvalue weighted by Crippen LogP contribution is 2.31. The van der Waals surface area contributed by atoms with Crippen LogP contribution >= 0.6 is 0 Å². The molecule has 5 N–H and O–H groups in total. The van der Waals surface area contributed by atoms with Crippen LogP contribution in [-0.4, -0.2) is 54.4 Å². The van der Waals surface area contributed by atoms with Crippen molar-refractivity contribution in [3.05, 3.63) is 24.0 Å². The second-order valence-corrected chi connectivity index (χ2v) is 8.19. The van der Waals surface area contributed by atoms with Crippen LogP contribution in [0.15, 0.2) is 18.2 Å². The van der Waals surface area contributed by atoms with Crippen molar-refractivity contribution in [2.75, 3.05) is 36.0 Å².